The van der Waals surface area contributed by atoms with Crippen LogP contribution in [0.1, 0.15) is 36.7 Å². The molecule has 0 saturated heterocycles. The Morgan fingerprint density at radius 3 is 2.74 bits per heavy atom. The molecule has 0 atom stereocenters. The third kappa shape index (κ3) is 2.77. The van der Waals surface area contributed by atoms with Crippen LogP contribution in [0.5, 0.6) is 0 Å². The van der Waals surface area contributed by atoms with Crippen LogP contribution in [0.25, 0.3) is 0 Å². The fraction of sp³-hybridized carbons (Fsp3) is 0.385. The molecule has 0 aliphatic heterocycles. The van der Waals surface area contributed by atoms with Gasteiger partial charge in [-0.2, -0.15) is 0 Å². The molecule has 0 amide bonds. The number of aromatic nitrogens is 3. The van der Waals surface area contributed by atoms with Crippen molar-refractivity contribution in [3.8, 4) is 0 Å². The summed E-state index contributed by atoms with van der Waals surface area (Å²) in [5, 5.41) is 8.47. The molecule has 0 radical (unpaired) electrons. The summed E-state index contributed by atoms with van der Waals surface area (Å²) in [4.78, 5) is 0. The maximum absolute atomic E-state index is 13.8. The second kappa shape index (κ2) is 5.67. The van der Waals surface area contributed by atoms with E-state index in [4.69, 9.17) is 17.3 Å². The summed E-state index contributed by atoms with van der Waals surface area (Å²) in [6.45, 7) is 4.62. The van der Waals surface area contributed by atoms with Crippen LogP contribution in [0, 0.1) is 5.82 Å². The first-order chi connectivity index (χ1) is 9.04. The SMILES string of the molecule is CC(C)c1c(CN)nnn1Cc1c(F)cccc1Cl. The van der Waals surface area contributed by atoms with E-state index in [1.807, 2.05) is 13.8 Å². The molecule has 1 heterocycles. The summed E-state index contributed by atoms with van der Waals surface area (Å²) >= 11 is 6.03. The van der Waals surface area contributed by atoms with Crippen LogP contribution < -0.4 is 5.73 Å². The fourth-order valence-corrected chi connectivity index (χ4v) is 2.31. The van der Waals surface area contributed by atoms with Crippen molar-refractivity contribution in [1.82, 2.24) is 15.0 Å². The van der Waals surface area contributed by atoms with E-state index < -0.39 is 0 Å². The third-order valence-electron chi connectivity index (χ3n) is 2.96. The van der Waals surface area contributed by atoms with Crippen LogP contribution in [-0.2, 0) is 13.1 Å². The van der Waals surface area contributed by atoms with Gasteiger partial charge in [-0.15, -0.1) is 5.10 Å². The molecule has 1 aromatic heterocycles. The largest absolute Gasteiger partial charge is 0.325 e. The minimum absolute atomic E-state index is 0.207. The maximum Gasteiger partial charge on any atom is 0.129 e. The van der Waals surface area contributed by atoms with Gasteiger partial charge in [-0.3, -0.25) is 0 Å². The van der Waals surface area contributed by atoms with Gasteiger partial charge in [0.25, 0.3) is 0 Å². The molecule has 0 unspecified atom stereocenters. The van der Waals surface area contributed by atoms with Crippen molar-refractivity contribution < 1.29 is 4.39 Å². The Labute approximate surface area is 116 Å². The molecule has 4 nitrogen and oxygen atoms in total. The summed E-state index contributed by atoms with van der Waals surface area (Å²) < 4.78 is 15.5. The summed E-state index contributed by atoms with van der Waals surface area (Å²) in [6, 6.07) is 4.63. The highest BCUT2D eigenvalue weighted by Gasteiger charge is 2.17. The number of halogens is 2. The quantitative estimate of drug-likeness (QED) is 0.938. The van der Waals surface area contributed by atoms with E-state index in [2.05, 4.69) is 10.3 Å². The predicted molar refractivity (Wildman–Crippen MR) is 72.5 cm³/mol. The van der Waals surface area contributed by atoms with Crippen molar-refractivity contribution in [2.45, 2.75) is 32.9 Å². The molecule has 0 bridgehead atoms. The lowest BCUT2D eigenvalue weighted by atomic mass is 10.1. The molecule has 2 rings (SSSR count). The first-order valence-corrected chi connectivity index (χ1v) is 6.47. The van der Waals surface area contributed by atoms with E-state index in [0.717, 1.165) is 11.4 Å². The standard InChI is InChI=1S/C13H16ClFN4/c1-8(2)13-12(6-16)17-18-19(13)7-9-10(14)4-3-5-11(9)15/h3-5,8H,6-7,16H2,1-2H3. The predicted octanol–water partition coefficient (Wildman–Crippen LogP) is 2.70. The van der Waals surface area contributed by atoms with Crippen LogP contribution in [0.3, 0.4) is 0 Å². The van der Waals surface area contributed by atoms with Crippen LogP contribution in [0.2, 0.25) is 5.02 Å². The zero-order valence-corrected chi connectivity index (χ0v) is 11.7. The van der Waals surface area contributed by atoms with E-state index in [0.29, 0.717) is 17.1 Å². The average molecular weight is 283 g/mol. The molecule has 102 valence electrons. The normalized spacial score (nSPS) is 11.3. The van der Waals surface area contributed by atoms with Gasteiger partial charge in [0.15, 0.2) is 0 Å². The Kier molecular flexibility index (Phi) is 4.17. The van der Waals surface area contributed by atoms with Gasteiger partial charge in [0.2, 0.25) is 0 Å². The van der Waals surface area contributed by atoms with Gasteiger partial charge >= 0.3 is 0 Å². The van der Waals surface area contributed by atoms with Gasteiger partial charge in [0.05, 0.1) is 17.9 Å². The monoisotopic (exact) mass is 282 g/mol. The Morgan fingerprint density at radius 2 is 2.16 bits per heavy atom. The van der Waals surface area contributed by atoms with Gasteiger partial charge < -0.3 is 5.73 Å². The number of hydrogen-bond acceptors (Lipinski definition) is 3. The highest BCUT2D eigenvalue weighted by molar-refractivity contribution is 6.31. The van der Waals surface area contributed by atoms with Crippen LogP contribution >= 0.6 is 11.6 Å². The van der Waals surface area contributed by atoms with Crippen molar-refractivity contribution in [1.29, 1.82) is 0 Å². The van der Waals surface area contributed by atoms with Crippen molar-refractivity contribution >= 4 is 11.6 Å². The molecule has 0 saturated carbocycles. The number of rotatable bonds is 4. The molecule has 0 fully saturated rings. The number of nitrogens with zero attached hydrogens (tertiary/aromatic N) is 3. The van der Waals surface area contributed by atoms with Crippen molar-refractivity contribution in [3.05, 3.63) is 46.0 Å². The van der Waals surface area contributed by atoms with E-state index in [1.165, 1.54) is 6.07 Å². The Bertz CT molecular complexity index is 560. The Balaban J connectivity index is 2.41. The van der Waals surface area contributed by atoms with Gasteiger partial charge in [0, 0.05) is 17.1 Å². The summed E-state index contributed by atoms with van der Waals surface area (Å²) in [6.07, 6.45) is 0. The first kappa shape index (κ1) is 14.0. The third-order valence-corrected chi connectivity index (χ3v) is 3.31. The van der Waals surface area contributed by atoms with E-state index >= 15 is 0 Å². The maximum atomic E-state index is 13.8. The highest BCUT2D eigenvalue weighted by atomic mass is 35.5. The molecular formula is C13H16ClFN4. The highest BCUT2D eigenvalue weighted by Crippen LogP contribution is 2.23. The average Bonchev–Trinajstić information content (AvgIpc) is 2.77. The smallest absolute Gasteiger partial charge is 0.129 e. The van der Waals surface area contributed by atoms with Gasteiger partial charge in [-0.25, -0.2) is 9.07 Å². The zero-order chi connectivity index (χ0) is 14.0. The lowest BCUT2D eigenvalue weighted by Gasteiger charge is -2.12. The lowest BCUT2D eigenvalue weighted by molar-refractivity contribution is 0.557. The van der Waals surface area contributed by atoms with E-state index in [1.54, 1.807) is 16.8 Å². The van der Waals surface area contributed by atoms with E-state index in [9.17, 15) is 4.39 Å². The summed E-state index contributed by atoms with van der Waals surface area (Å²) in [7, 11) is 0. The lowest BCUT2D eigenvalue weighted by Crippen LogP contribution is -2.11. The van der Waals surface area contributed by atoms with Crippen molar-refractivity contribution in [2.24, 2.45) is 5.73 Å². The van der Waals surface area contributed by atoms with Crippen LogP contribution in [0.4, 0.5) is 4.39 Å². The molecule has 19 heavy (non-hydrogen) atoms. The number of nitrogens with two attached hydrogens (primary N) is 1. The fourth-order valence-electron chi connectivity index (χ4n) is 2.08. The molecule has 0 aliphatic carbocycles. The van der Waals surface area contributed by atoms with Gasteiger partial charge in [0.1, 0.15) is 5.82 Å². The molecule has 0 spiro atoms. The second-order valence-corrected chi connectivity index (χ2v) is 5.05. The minimum atomic E-state index is -0.341. The molecule has 2 N–H and O–H groups in total. The van der Waals surface area contributed by atoms with Crippen molar-refractivity contribution in [3.63, 3.8) is 0 Å². The summed E-state index contributed by atoms with van der Waals surface area (Å²) in [5.74, 6) is -0.133. The van der Waals surface area contributed by atoms with Crippen molar-refractivity contribution in [2.75, 3.05) is 0 Å². The molecule has 1 aromatic carbocycles. The Hall–Kier alpha value is -1.46. The molecular weight excluding hydrogens is 267 g/mol. The second-order valence-electron chi connectivity index (χ2n) is 4.64. The molecule has 2 aromatic rings. The molecule has 6 heteroatoms. The number of hydrogen-bond donors (Lipinski definition) is 1. The van der Waals surface area contributed by atoms with Crippen LogP contribution in [-0.4, -0.2) is 15.0 Å². The van der Waals surface area contributed by atoms with E-state index in [-0.39, 0.29) is 18.3 Å². The zero-order valence-electron chi connectivity index (χ0n) is 10.9. The molecule has 0 aliphatic rings. The minimum Gasteiger partial charge on any atom is -0.325 e. The topological polar surface area (TPSA) is 56.7 Å². The number of benzene rings is 1. The van der Waals surface area contributed by atoms with Gasteiger partial charge in [-0.1, -0.05) is 36.7 Å². The van der Waals surface area contributed by atoms with Gasteiger partial charge in [-0.05, 0) is 18.1 Å². The Morgan fingerprint density at radius 1 is 1.42 bits per heavy atom. The van der Waals surface area contributed by atoms with Crippen LogP contribution in [0.15, 0.2) is 18.2 Å². The first-order valence-electron chi connectivity index (χ1n) is 6.09. The summed E-state index contributed by atoms with van der Waals surface area (Å²) in [5.41, 5.74) is 7.71.